The first-order chi connectivity index (χ1) is 14.6. The second-order valence-corrected chi connectivity index (χ2v) is 6.27. The zero-order chi connectivity index (χ0) is 21.3. The minimum absolute atomic E-state index is 0.224. The highest BCUT2D eigenvalue weighted by Gasteiger charge is 2.15. The fourth-order valence-corrected chi connectivity index (χ4v) is 2.85. The standard InChI is InChI=1S/C24H22N2O4/c1-17(27)30-24-21(28-2)14-18(15-22(24)29-3)16-25-26-23(19-10-6-4-7-11-19)20-12-8-5-9-13-20/h4-16H,1-3H3/b25-16+. The fourth-order valence-electron chi connectivity index (χ4n) is 2.85. The van der Waals surface area contributed by atoms with Gasteiger partial charge in [-0.25, -0.2) is 0 Å². The van der Waals surface area contributed by atoms with Gasteiger partial charge in [-0.3, -0.25) is 4.79 Å². The first kappa shape index (κ1) is 20.8. The van der Waals surface area contributed by atoms with Crippen LogP contribution in [0.4, 0.5) is 0 Å². The van der Waals surface area contributed by atoms with Gasteiger partial charge in [-0.2, -0.15) is 5.10 Å². The average molecular weight is 402 g/mol. The number of carbonyl (C=O) groups excluding carboxylic acids is 1. The van der Waals surface area contributed by atoms with Crippen LogP contribution in [0.3, 0.4) is 0 Å². The predicted molar refractivity (Wildman–Crippen MR) is 117 cm³/mol. The van der Waals surface area contributed by atoms with Crippen LogP contribution in [0.25, 0.3) is 0 Å². The summed E-state index contributed by atoms with van der Waals surface area (Å²) in [6, 6.07) is 23.1. The van der Waals surface area contributed by atoms with Crippen LogP contribution >= 0.6 is 0 Å². The lowest BCUT2D eigenvalue weighted by molar-refractivity contribution is -0.132. The van der Waals surface area contributed by atoms with Gasteiger partial charge >= 0.3 is 5.97 Å². The van der Waals surface area contributed by atoms with E-state index in [9.17, 15) is 4.79 Å². The Morgan fingerprint density at radius 3 is 1.77 bits per heavy atom. The summed E-state index contributed by atoms with van der Waals surface area (Å²) in [6.45, 7) is 1.32. The minimum atomic E-state index is -0.465. The van der Waals surface area contributed by atoms with Crippen molar-refractivity contribution in [1.82, 2.24) is 0 Å². The molecule has 3 aromatic rings. The zero-order valence-corrected chi connectivity index (χ0v) is 17.0. The van der Waals surface area contributed by atoms with Gasteiger partial charge in [0.25, 0.3) is 0 Å². The van der Waals surface area contributed by atoms with Crippen LogP contribution in [0.1, 0.15) is 23.6 Å². The molecule has 3 rings (SSSR count). The molecule has 0 spiro atoms. The number of benzene rings is 3. The Balaban J connectivity index is 1.98. The lowest BCUT2D eigenvalue weighted by atomic mass is 10.0. The highest BCUT2D eigenvalue weighted by atomic mass is 16.6. The number of nitrogens with zero attached hydrogens (tertiary/aromatic N) is 2. The van der Waals surface area contributed by atoms with Crippen LogP contribution in [0.2, 0.25) is 0 Å². The molecule has 0 bridgehead atoms. The Kier molecular flexibility index (Phi) is 6.95. The van der Waals surface area contributed by atoms with Crippen LogP contribution in [0.15, 0.2) is 83.0 Å². The van der Waals surface area contributed by atoms with Gasteiger partial charge in [0.1, 0.15) is 5.71 Å². The van der Waals surface area contributed by atoms with Crippen LogP contribution in [-0.4, -0.2) is 32.1 Å². The highest BCUT2D eigenvalue weighted by molar-refractivity contribution is 6.13. The van der Waals surface area contributed by atoms with Crippen LogP contribution < -0.4 is 14.2 Å². The molecule has 3 aromatic carbocycles. The molecule has 0 fully saturated rings. The molecule has 0 saturated carbocycles. The molecule has 30 heavy (non-hydrogen) atoms. The van der Waals surface area contributed by atoms with Crippen molar-refractivity contribution in [3.8, 4) is 17.2 Å². The van der Waals surface area contributed by atoms with Gasteiger partial charge in [0, 0.05) is 23.6 Å². The lowest BCUT2D eigenvalue weighted by Crippen LogP contribution is -2.05. The third kappa shape index (κ3) is 5.11. The highest BCUT2D eigenvalue weighted by Crippen LogP contribution is 2.38. The molecule has 0 N–H and O–H groups in total. The molecule has 0 saturated heterocycles. The number of esters is 1. The van der Waals surface area contributed by atoms with E-state index in [2.05, 4.69) is 10.2 Å². The Labute approximate surface area is 175 Å². The first-order valence-electron chi connectivity index (χ1n) is 9.28. The molecule has 0 amide bonds. The Hall–Kier alpha value is -3.93. The van der Waals surface area contributed by atoms with Crippen molar-refractivity contribution in [3.05, 3.63) is 89.5 Å². The molecule has 0 aliphatic carbocycles. The third-order valence-corrected chi connectivity index (χ3v) is 4.19. The summed E-state index contributed by atoms with van der Waals surface area (Å²) in [7, 11) is 2.98. The Morgan fingerprint density at radius 1 is 0.833 bits per heavy atom. The number of ether oxygens (including phenoxy) is 3. The van der Waals surface area contributed by atoms with Gasteiger partial charge < -0.3 is 14.2 Å². The van der Waals surface area contributed by atoms with Gasteiger partial charge in [0.2, 0.25) is 5.75 Å². The van der Waals surface area contributed by atoms with E-state index in [1.807, 2.05) is 60.7 Å². The van der Waals surface area contributed by atoms with E-state index in [1.165, 1.54) is 21.1 Å². The van der Waals surface area contributed by atoms with Crippen LogP contribution in [0, 0.1) is 0 Å². The number of rotatable bonds is 7. The molecular formula is C24H22N2O4. The maximum Gasteiger partial charge on any atom is 0.308 e. The van der Waals surface area contributed by atoms with E-state index in [1.54, 1.807) is 18.3 Å². The summed E-state index contributed by atoms with van der Waals surface area (Å²) >= 11 is 0. The molecule has 0 aliphatic heterocycles. The lowest BCUT2D eigenvalue weighted by Gasteiger charge is -2.13. The summed E-state index contributed by atoms with van der Waals surface area (Å²) < 4.78 is 15.9. The van der Waals surface area contributed by atoms with Gasteiger partial charge in [-0.1, -0.05) is 60.7 Å². The number of hydrogen-bond acceptors (Lipinski definition) is 6. The largest absolute Gasteiger partial charge is 0.493 e. The smallest absolute Gasteiger partial charge is 0.308 e. The molecule has 0 radical (unpaired) electrons. The van der Waals surface area contributed by atoms with E-state index in [0.29, 0.717) is 17.1 Å². The average Bonchev–Trinajstić information content (AvgIpc) is 2.78. The van der Waals surface area contributed by atoms with Crippen molar-refractivity contribution < 1.29 is 19.0 Å². The second-order valence-electron chi connectivity index (χ2n) is 6.27. The normalized spacial score (nSPS) is 10.5. The van der Waals surface area contributed by atoms with Crippen molar-refractivity contribution in [2.75, 3.05) is 14.2 Å². The van der Waals surface area contributed by atoms with Gasteiger partial charge in [-0.15, -0.1) is 5.10 Å². The molecular weight excluding hydrogens is 380 g/mol. The fraction of sp³-hybridized carbons (Fsp3) is 0.125. The van der Waals surface area contributed by atoms with E-state index in [-0.39, 0.29) is 5.75 Å². The molecule has 0 atom stereocenters. The van der Waals surface area contributed by atoms with Crippen molar-refractivity contribution in [3.63, 3.8) is 0 Å². The van der Waals surface area contributed by atoms with Crippen molar-refractivity contribution in [2.24, 2.45) is 10.2 Å². The molecule has 0 unspecified atom stereocenters. The molecule has 0 heterocycles. The molecule has 152 valence electrons. The van der Waals surface area contributed by atoms with E-state index < -0.39 is 5.97 Å². The van der Waals surface area contributed by atoms with E-state index in [4.69, 9.17) is 14.2 Å². The van der Waals surface area contributed by atoms with Crippen LogP contribution in [0.5, 0.6) is 17.2 Å². The molecule has 6 heteroatoms. The predicted octanol–water partition coefficient (Wildman–Crippen LogP) is 4.50. The van der Waals surface area contributed by atoms with Gasteiger partial charge in [0.05, 0.1) is 20.4 Å². The summed E-state index contributed by atoms with van der Waals surface area (Å²) in [6.07, 6.45) is 1.59. The van der Waals surface area contributed by atoms with Crippen molar-refractivity contribution >= 4 is 17.9 Å². The second kappa shape index (κ2) is 10.0. The van der Waals surface area contributed by atoms with Gasteiger partial charge in [0.15, 0.2) is 11.5 Å². The Bertz CT molecular complexity index is 995. The maximum atomic E-state index is 11.4. The quantitative estimate of drug-likeness (QED) is 0.253. The number of methoxy groups -OCH3 is 2. The zero-order valence-electron chi connectivity index (χ0n) is 17.0. The monoisotopic (exact) mass is 402 g/mol. The summed E-state index contributed by atoms with van der Waals surface area (Å²) in [5.41, 5.74) is 3.36. The van der Waals surface area contributed by atoms with E-state index >= 15 is 0 Å². The molecule has 0 aliphatic rings. The third-order valence-electron chi connectivity index (χ3n) is 4.19. The number of carbonyl (C=O) groups is 1. The maximum absolute atomic E-state index is 11.4. The summed E-state index contributed by atoms with van der Waals surface area (Å²) in [4.78, 5) is 11.4. The number of hydrogen-bond donors (Lipinski definition) is 0. The van der Waals surface area contributed by atoms with Crippen molar-refractivity contribution in [1.29, 1.82) is 0 Å². The minimum Gasteiger partial charge on any atom is -0.493 e. The molecule has 0 aromatic heterocycles. The van der Waals surface area contributed by atoms with Crippen molar-refractivity contribution in [2.45, 2.75) is 6.92 Å². The first-order valence-corrected chi connectivity index (χ1v) is 9.28. The summed E-state index contributed by atoms with van der Waals surface area (Å²) in [5.74, 6) is 0.484. The topological polar surface area (TPSA) is 69.5 Å². The SMILES string of the molecule is COc1cc(/C=N/N=C(c2ccccc2)c2ccccc2)cc(OC)c1OC(C)=O. The van der Waals surface area contributed by atoms with Crippen LogP contribution in [-0.2, 0) is 4.79 Å². The van der Waals surface area contributed by atoms with E-state index in [0.717, 1.165) is 16.8 Å². The summed E-state index contributed by atoms with van der Waals surface area (Å²) in [5, 5.41) is 8.74. The van der Waals surface area contributed by atoms with Gasteiger partial charge in [-0.05, 0) is 12.1 Å². The Morgan fingerprint density at radius 2 is 1.33 bits per heavy atom. The molecule has 6 nitrogen and oxygen atoms in total.